The van der Waals surface area contributed by atoms with E-state index in [0.29, 0.717) is 39.3 Å². The average molecular weight is 274 g/mol. The van der Waals surface area contributed by atoms with Crippen LogP contribution in [0.15, 0.2) is 4.99 Å². The standard InChI is InChI=1S/C12H26N4O3/c1-10(17)11(4-3-5-16-12(13)14)15-6-7-19-9-8-18-2/h11,15H,3-9H2,1-2H3,(H4,13,14,16)/t11-/m0/s1. The molecule has 0 aromatic rings. The Balaban J connectivity index is 3.69. The van der Waals surface area contributed by atoms with Gasteiger partial charge in [-0.15, -0.1) is 0 Å². The van der Waals surface area contributed by atoms with Crippen LogP contribution in [-0.4, -0.2) is 57.8 Å². The number of methoxy groups -OCH3 is 1. The van der Waals surface area contributed by atoms with Crippen LogP contribution in [0.3, 0.4) is 0 Å². The van der Waals surface area contributed by atoms with E-state index in [9.17, 15) is 4.79 Å². The van der Waals surface area contributed by atoms with Crippen molar-refractivity contribution in [2.75, 3.05) is 40.0 Å². The average Bonchev–Trinajstić information content (AvgIpc) is 2.35. The molecule has 0 aromatic carbocycles. The lowest BCUT2D eigenvalue weighted by molar-refractivity contribution is -0.119. The first-order chi connectivity index (χ1) is 9.07. The Kier molecular flexibility index (Phi) is 11.1. The summed E-state index contributed by atoms with van der Waals surface area (Å²) in [5.41, 5.74) is 10.5. The molecule has 112 valence electrons. The van der Waals surface area contributed by atoms with Crippen molar-refractivity contribution in [1.29, 1.82) is 0 Å². The maximum Gasteiger partial charge on any atom is 0.185 e. The first-order valence-electron chi connectivity index (χ1n) is 6.43. The number of nitrogens with zero attached hydrogens (tertiary/aromatic N) is 1. The fourth-order valence-electron chi connectivity index (χ4n) is 1.50. The van der Waals surface area contributed by atoms with E-state index in [2.05, 4.69) is 10.3 Å². The molecule has 0 saturated heterocycles. The molecular formula is C12H26N4O3. The van der Waals surface area contributed by atoms with Gasteiger partial charge < -0.3 is 26.3 Å². The van der Waals surface area contributed by atoms with Gasteiger partial charge in [0.05, 0.1) is 25.9 Å². The summed E-state index contributed by atoms with van der Waals surface area (Å²) in [5.74, 6) is 0.195. The zero-order chi connectivity index (χ0) is 14.5. The fraction of sp³-hybridized carbons (Fsp3) is 0.833. The summed E-state index contributed by atoms with van der Waals surface area (Å²) < 4.78 is 10.2. The number of guanidine groups is 1. The number of hydrogen-bond donors (Lipinski definition) is 3. The van der Waals surface area contributed by atoms with Gasteiger partial charge in [-0.25, -0.2) is 0 Å². The smallest absolute Gasteiger partial charge is 0.185 e. The van der Waals surface area contributed by atoms with Gasteiger partial charge in [0.1, 0.15) is 5.78 Å². The van der Waals surface area contributed by atoms with E-state index >= 15 is 0 Å². The van der Waals surface area contributed by atoms with Gasteiger partial charge in [0.15, 0.2) is 5.96 Å². The van der Waals surface area contributed by atoms with Crippen molar-refractivity contribution in [3.8, 4) is 0 Å². The Bertz CT molecular complexity index is 268. The van der Waals surface area contributed by atoms with Crippen molar-refractivity contribution >= 4 is 11.7 Å². The normalized spacial score (nSPS) is 12.1. The van der Waals surface area contributed by atoms with E-state index in [0.717, 1.165) is 6.42 Å². The summed E-state index contributed by atoms with van der Waals surface area (Å²) >= 11 is 0. The second kappa shape index (κ2) is 11.9. The highest BCUT2D eigenvalue weighted by Crippen LogP contribution is 1.99. The third kappa shape index (κ3) is 11.6. The van der Waals surface area contributed by atoms with Gasteiger partial charge in [-0.1, -0.05) is 0 Å². The molecule has 19 heavy (non-hydrogen) atoms. The molecule has 0 aliphatic carbocycles. The van der Waals surface area contributed by atoms with Crippen LogP contribution in [0.5, 0.6) is 0 Å². The van der Waals surface area contributed by atoms with Gasteiger partial charge in [-0.05, 0) is 19.8 Å². The Morgan fingerprint density at radius 3 is 2.63 bits per heavy atom. The second-order valence-corrected chi connectivity index (χ2v) is 4.17. The molecule has 0 fully saturated rings. The highest BCUT2D eigenvalue weighted by molar-refractivity contribution is 5.81. The van der Waals surface area contributed by atoms with E-state index in [-0.39, 0.29) is 17.8 Å². The number of carbonyl (C=O) groups is 1. The van der Waals surface area contributed by atoms with Crippen LogP contribution in [0, 0.1) is 0 Å². The molecule has 7 nitrogen and oxygen atoms in total. The van der Waals surface area contributed by atoms with Crippen molar-refractivity contribution in [3.63, 3.8) is 0 Å². The third-order valence-electron chi connectivity index (χ3n) is 2.50. The number of carbonyl (C=O) groups excluding carboxylic acids is 1. The number of hydrogen-bond acceptors (Lipinski definition) is 5. The van der Waals surface area contributed by atoms with E-state index < -0.39 is 0 Å². The van der Waals surface area contributed by atoms with E-state index in [4.69, 9.17) is 20.9 Å². The molecule has 0 rings (SSSR count). The number of Topliss-reactive ketones (excluding diaryl/α,β-unsaturated/α-hetero) is 1. The van der Waals surface area contributed by atoms with Crippen LogP contribution in [0.4, 0.5) is 0 Å². The van der Waals surface area contributed by atoms with Crippen molar-refractivity contribution in [2.45, 2.75) is 25.8 Å². The highest BCUT2D eigenvalue weighted by Gasteiger charge is 2.12. The van der Waals surface area contributed by atoms with Crippen molar-refractivity contribution in [2.24, 2.45) is 16.5 Å². The Hall–Kier alpha value is -1.18. The maximum absolute atomic E-state index is 11.4. The third-order valence-corrected chi connectivity index (χ3v) is 2.50. The summed E-state index contributed by atoms with van der Waals surface area (Å²) in [4.78, 5) is 15.3. The molecule has 0 unspecified atom stereocenters. The van der Waals surface area contributed by atoms with Gasteiger partial charge in [0.2, 0.25) is 0 Å². The summed E-state index contributed by atoms with van der Waals surface area (Å²) in [5, 5.41) is 3.16. The molecule has 0 heterocycles. The van der Waals surface area contributed by atoms with E-state index in [1.54, 1.807) is 14.0 Å². The van der Waals surface area contributed by atoms with Crippen molar-refractivity contribution in [3.05, 3.63) is 0 Å². The predicted molar refractivity (Wildman–Crippen MR) is 75.1 cm³/mol. The Morgan fingerprint density at radius 2 is 2.05 bits per heavy atom. The van der Waals surface area contributed by atoms with Crippen LogP contribution in [0.2, 0.25) is 0 Å². The molecule has 0 aromatic heterocycles. The minimum Gasteiger partial charge on any atom is -0.382 e. The van der Waals surface area contributed by atoms with Crippen LogP contribution < -0.4 is 16.8 Å². The molecule has 0 aliphatic rings. The van der Waals surface area contributed by atoms with Gasteiger partial charge in [-0.2, -0.15) is 0 Å². The lowest BCUT2D eigenvalue weighted by Crippen LogP contribution is -2.37. The summed E-state index contributed by atoms with van der Waals surface area (Å²) in [7, 11) is 1.63. The van der Waals surface area contributed by atoms with Gasteiger partial charge in [0.25, 0.3) is 0 Å². The molecule has 0 saturated carbocycles. The molecule has 7 heteroatoms. The van der Waals surface area contributed by atoms with Crippen LogP contribution >= 0.6 is 0 Å². The zero-order valence-corrected chi connectivity index (χ0v) is 11.9. The Morgan fingerprint density at radius 1 is 1.32 bits per heavy atom. The van der Waals surface area contributed by atoms with Crippen molar-refractivity contribution < 1.29 is 14.3 Å². The lowest BCUT2D eigenvalue weighted by atomic mass is 10.1. The quantitative estimate of drug-likeness (QED) is 0.245. The molecule has 0 spiro atoms. The fourth-order valence-corrected chi connectivity index (χ4v) is 1.50. The zero-order valence-electron chi connectivity index (χ0n) is 11.9. The summed E-state index contributed by atoms with van der Waals surface area (Å²) in [6.07, 6.45) is 1.48. The second-order valence-electron chi connectivity index (χ2n) is 4.17. The maximum atomic E-state index is 11.4. The highest BCUT2D eigenvalue weighted by atomic mass is 16.5. The van der Waals surface area contributed by atoms with Crippen molar-refractivity contribution in [1.82, 2.24) is 5.32 Å². The first kappa shape index (κ1) is 17.8. The van der Waals surface area contributed by atoms with E-state index in [1.807, 2.05) is 0 Å². The number of nitrogens with two attached hydrogens (primary N) is 2. The Labute approximate surface area is 114 Å². The number of aliphatic imine (C=N–C) groups is 1. The molecule has 0 amide bonds. The number of rotatable bonds is 12. The van der Waals surface area contributed by atoms with Gasteiger partial charge in [0, 0.05) is 20.2 Å². The molecule has 1 atom stereocenters. The minimum absolute atomic E-state index is 0.0823. The molecule has 0 bridgehead atoms. The van der Waals surface area contributed by atoms with E-state index in [1.165, 1.54) is 0 Å². The summed E-state index contributed by atoms with van der Waals surface area (Å²) in [6, 6.07) is -0.166. The first-order valence-corrected chi connectivity index (χ1v) is 6.43. The van der Waals surface area contributed by atoms with Gasteiger partial charge >= 0.3 is 0 Å². The topological polar surface area (TPSA) is 112 Å². The van der Waals surface area contributed by atoms with Crippen LogP contribution in [0.1, 0.15) is 19.8 Å². The number of ether oxygens (including phenoxy) is 2. The molecular weight excluding hydrogens is 248 g/mol. The lowest BCUT2D eigenvalue weighted by Gasteiger charge is -2.15. The SMILES string of the molecule is COCCOCCN[C@@H](CCCN=C(N)N)C(C)=O. The van der Waals surface area contributed by atoms with Crippen LogP contribution in [0.25, 0.3) is 0 Å². The van der Waals surface area contributed by atoms with Gasteiger partial charge in [-0.3, -0.25) is 9.79 Å². The molecule has 0 radical (unpaired) electrons. The number of ketones is 1. The number of nitrogens with one attached hydrogen (secondary N) is 1. The van der Waals surface area contributed by atoms with Crippen LogP contribution in [-0.2, 0) is 14.3 Å². The molecule has 5 N–H and O–H groups in total. The monoisotopic (exact) mass is 274 g/mol. The largest absolute Gasteiger partial charge is 0.382 e. The predicted octanol–water partition coefficient (Wildman–Crippen LogP) is -0.750. The minimum atomic E-state index is -0.166. The summed E-state index contributed by atoms with van der Waals surface area (Å²) in [6.45, 7) is 4.45. The molecule has 0 aliphatic heterocycles.